The van der Waals surface area contributed by atoms with Gasteiger partial charge in [-0.25, -0.2) is 4.79 Å². The van der Waals surface area contributed by atoms with Crippen LogP contribution in [0, 0.1) is 6.92 Å². The van der Waals surface area contributed by atoms with Crippen molar-refractivity contribution in [2.45, 2.75) is 44.3 Å². The van der Waals surface area contributed by atoms with Crippen LogP contribution in [0.15, 0.2) is 5.16 Å². The van der Waals surface area contributed by atoms with E-state index in [9.17, 15) is 9.59 Å². The van der Waals surface area contributed by atoms with Gasteiger partial charge in [-0.05, 0) is 26.2 Å². The van der Waals surface area contributed by atoms with Crippen LogP contribution in [-0.4, -0.2) is 39.0 Å². The van der Waals surface area contributed by atoms with Crippen LogP contribution in [0.25, 0.3) is 0 Å². The van der Waals surface area contributed by atoms with Crippen molar-refractivity contribution in [1.82, 2.24) is 25.4 Å². The van der Waals surface area contributed by atoms with Crippen molar-refractivity contribution >= 4 is 23.7 Å². The van der Waals surface area contributed by atoms with Gasteiger partial charge < -0.3 is 9.88 Å². The van der Waals surface area contributed by atoms with Crippen molar-refractivity contribution < 1.29 is 9.59 Å². The van der Waals surface area contributed by atoms with E-state index in [1.807, 2.05) is 13.8 Å². The first-order chi connectivity index (χ1) is 9.61. The van der Waals surface area contributed by atoms with Crippen molar-refractivity contribution in [1.29, 1.82) is 0 Å². The van der Waals surface area contributed by atoms with E-state index >= 15 is 0 Å². The van der Waals surface area contributed by atoms with E-state index < -0.39 is 6.03 Å². The van der Waals surface area contributed by atoms with Crippen molar-refractivity contribution in [2.75, 3.05) is 12.3 Å². The molecule has 1 saturated carbocycles. The first-order valence-electron chi connectivity index (χ1n) is 6.73. The number of amides is 3. The Labute approximate surface area is 121 Å². The molecule has 2 N–H and O–H groups in total. The molecule has 1 heterocycles. The summed E-state index contributed by atoms with van der Waals surface area (Å²) in [6.07, 6.45) is 3.11. The molecule has 0 saturated heterocycles. The molecule has 0 aromatic carbocycles. The van der Waals surface area contributed by atoms with Crippen LogP contribution < -0.4 is 10.6 Å². The number of aryl methyl sites for hydroxylation is 1. The summed E-state index contributed by atoms with van der Waals surface area (Å²) >= 11 is 1.31. The topological polar surface area (TPSA) is 88.9 Å². The molecule has 1 aliphatic rings. The number of thioether (sulfide) groups is 1. The highest BCUT2D eigenvalue weighted by Gasteiger charge is 2.28. The summed E-state index contributed by atoms with van der Waals surface area (Å²) < 4.78 is 2.06. The van der Waals surface area contributed by atoms with Crippen molar-refractivity contribution in [2.24, 2.45) is 0 Å². The summed E-state index contributed by atoms with van der Waals surface area (Å²) in [7, 11) is 0. The Balaban J connectivity index is 1.80. The van der Waals surface area contributed by atoms with Crippen LogP contribution in [0.3, 0.4) is 0 Å². The first-order valence-corrected chi connectivity index (χ1v) is 7.72. The summed E-state index contributed by atoms with van der Waals surface area (Å²) in [5.74, 6) is 0.701. The molecule has 0 unspecified atom stereocenters. The fraction of sp³-hybridized carbons (Fsp3) is 0.667. The third-order valence-electron chi connectivity index (χ3n) is 2.87. The second-order valence-corrected chi connectivity index (χ2v) is 5.67. The summed E-state index contributed by atoms with van der Waals surface area (Å²) in [5, 5.41) is 13.7. The van der Waals surface area contributed by atoms with Gasteiger partial charge in [-0.15, -0.1) is 10.2 Å². The number of carbonyl (C=O) groups excluding carboxylic acids is 2. The molecular weight excluding hydrogens is 278 g/mol. The van der Waals surface area contributed by atoms with Crippen LogP contribution in [0.2, 0.25) is 0 Å². The highest BCUT2D eigenvalue weighted by molar-refractivity contribution is 7.99. The molecule has 1 aromatic heterocycles. The van der Waals surface area contributed by atoms with Gasteiger partial charge in [-0.1, -0.05) is 18.7 Å². The van der Waals surface area contributed by atoms with Gasteiger partial charge in [0.05, 0.1) is 5.75 Å². The van der Waals surface area contributed by atoms with Crippen molar-refractivity contribution in [3.63, 3.8) is 0 Å². The second kappa shape index (κ2) is 6.74. The van der Waals surface area contributed by atoms with Crippen LogP contribution in [-0.2, 0) is 4.79 Å². The number of aromatic nitrogens is 3. The normalized spacial score (nSPS) is 14.1. The Hall–Kier alpha value is -1.57. The zero-order chi connectivity index (χ0) is 14.5. The smallest absolute Gasteiger partial charge is 0.321 e. The molecule has 1 aliphatic carbocycles. The lowest BCUT2D eigenvalue weighted by Gasteiger charge is -2.07. The van der Waals surface area contributed by atoms with E-state index in [-0.39, 0.29) is 11.7 Å². The number of hydrogen-bond acceptors (Lipinski definition) is 5. The lowest BCUT2D eigenvalue weighted by atomic mass is 10.5. The third kappa shape index (κ3) is 3.96. The zero-order valence-corrected chi connectivity index (χ0v) is 12.5. The molecule has 110 valence electrons. The van der Waals surface area contributed by atoms with E-state index in [4.69, 9.17) is 0 Å². The van der Waals surface area contributed by atoms with Gasteiger partial charge in [0, 0.05) is 12.6 Å². The predicted molar refractivity (Wildman–Crippen MR) is 75.6 cm³/mol. The molecule has 0 spiro atoms. The van der Waals surface area contributed by atoms with E-state index in [1.165, 1.54) is 11.8 Å². The molecule has 20 heavy (non-hydrogen) atoms. The zero-order valence-electron chi connectivity index (χ0n) is 11.7. The Kier molecular flexibility index (Phi) is 4.99. The van der Waals surface area contributed by atoms with E-state index in [0.717, 1.165) is 30.2 Å². The van der Waals surface area contributed by atoms with E-state index in [0.29, 0.717) is 12.6 Å². The minimum absolute atomic E-state index is 0.157. The average molecular weight is 297 g/mol. The molecule has 1 fully saturated rings. The third-order valence-corrected chi connectivity index (χ3v) is 3.81. The standard InChI is InChI=1S/C12H19N5O2S/c1-3-6-13-11(19)14-10(18)7-20-12-16-15-8(2)17(12)9-4-5-9/h9H,3-7H2,1-2H3,(H2,13,14,18,19). The fourth-order valence-corrected chi connectivity index (χ4v) is 2.63. The highest BCUT2D eigenvalue weighted by atomic mass is 32.2. The van der Waals surface area contributed by atoms with Crippen molar-refractivity contribution in [3.05, 3.63) is 5.82 Å². The average Bonchev–Trinajstić information content (AvgIpc) is 3.18. The van der Waals surface area contributed by atoms with Gasteiger partial charge in [0.2, 0.25) is 5.91 Å². The van der Waals surface area contributed by atoms with Gasteiger partial charge in [-0.3, -0.25) is 10.1 Å². The van der Waals surface area contributed by atoms with Crippen LogP contribution in [0.4, 0.5) is 4.79 Å². The fourth-order valence-electron chi connectivity index (χ4n) is 1.78. The Bertz CT molecular complexity index is 498. The molecule has 2 rings (SSSR count). The van der Waals surface area contributed by atoms with Crippen molar-refractivity contribution in [3.8, 4) is 0 Å². The molecule has 3 amide bonds. The maximum atomic E-state index is 11.6. The Morgan fingerprint density at radius 1 is 1.40 bits per heavy atom. The maximum Gasteiger partial charge on any atom is 0.321 e. The molecule has 0 aliphatic heterocycles. The predicted octanol–water partition coefficient (Wildman–Crippen LogP) is 1.25. The van der Waals surface area contributed by atoms with Gasteiger partial charge in [-0.2, -0.15) is 0 Å². The minimum atomic E-state index is -0.447. The molecular formula is C12H19N5O2S. The molecule has 8 heteroatoms. The first kappa shape index (κ1) is 14.8. The number of hydrogen-bond donors (Lipinski definition) is 2. The van der Waals surface area contributed by atoms with Gasteiger partial charge in [0.25, 0.3) is 0 Å². The number of imide groups is 1. The summed E-state index contributed by atoms with van der Waals surface area (Å²) in [5.41, 5.74) is 0. The Morgan fingerprint density at radius 3 is 2.80 bits per heavy atom. The van der Waals surface area contributed by atoms with Gasteiger partial charge in [0.15, 0.2) is 5.16 Å². The van der Waals surface area contributed by atoms with Gasteiger partial charge >= 0.3 is 6.03 Å². The number of urea groups is 1. The monoisotopic (exact) mass is 297 g/mol. The number of rotatable bonds is 6. The molecule has 1 aromatic rings. The van der Waals surface area contributed by atoms with Crippen LogP contribution >= 0.6 is 11.8 Å². The second-order valence-electron chi connectivity index (χ2n) is 4.72. The molecule has 0 bridgehead atoms. The largest absolute Gasteiger partial charge is 0.338 e. The molecule has 0 atom stereocenters. The van der Waals surface area contributed by atoms with Gasteiger partial charge in [0.1, 0.15) is 5.82 Å². The van der Waals surface area contributed by atoms with E-state index in [1.54, 1.807) is 0 Å². The molecule has 0 radical (unpaired) electrons. The summed E-state index contributed by atoms with van der Waals surface area (Å²) in [6.45, 7) is 4.42. The number of nitrogens with one attached hydrogen (secondary N) is 2. The summed E-state index contributed by atoms with van der Waals surface area (Å²) in [6, 6.07) is 0.0284. The quantitative estimate of drug-likeness (QED) is 0.771. The lowest BCUT2D eigenvalue weighted by Crippen LogP contribution is -2.40. The van der Waals surface area contributed by atoms with E-state index in [2.05, 4.69) is 25.4 Å². The Morgan fingerprint density at radius 2 is 2.15 bits per heavy atom. The number of nitrogens with zero attached hydrogens (tertiary/aromatic N) is 3. The lowest BCUT2D eigenvalue weighted by molar-refractivity contribution is -0.117. The highest BCUT2D eigenvalue weighted by Crippen LogP contribution is 2.38. The SMILES string of the molecule is CCCNC(=O)NC(=O)CSc1nnc(C)n1C1CC1. The summed E-state index contributed by atoms with van der Waals surface area (Å²) in [4.78, 5) is 23.0. The number of carbonyl (C=O) groups is 2. The van der Waals surface area contributed by atoms with Crippen LogP contribution in [0.5, 0.6) is 0 Å². The molecule has 7 nitrogen and oxygen atoms in total. The maximum absolute atomic E-state index is 11.6. The minimum Gasteiger partial charge on any atom is -0.338 e. The van der Waals surface area contributed by atoms with Crippen LogP contribution in [0.1, 0.15) is 38.1 Å².